The lowest BCUT2D eigenvalue weighted by Crippen LogP contribution is -1.96. The fourth-order valence-electron chi connectivity index (χ4n) is 1.14. The van der Waals surface area contributed by atoms with Crippen LogP contribution in [0.25, 0.3) is 0 Å². The second kappa shape index (κ2) is 5.02. The molecule has 1 aromatic heterocycles. The lowest BCUT2D eigenvalue weighted by atomic mass is 10.1. The van der Waals surface area contributed by atoms with Crippen LogP contribution >= 0.6 is 23.4 Å². The maximum absolute atomic E-state index is 8.97. The summed E-state index contributed by atoms with van der Waals surface area (Å²) in [5.41, 5.74) is 1.88. The number of aryl methyl sites for hydroxylation is 1. The van der Waals surface area contributed by atoms with Crippen molar-refractivity contribution < 1.29 is 0 Å². The monoisotopic (exact) mass is 237 g/mol. The zero-order valence-electron chi connectivity index (χ0n) is 8.33. The summed E-state index contributed by atoms with van der Waals surface area (Å²) in [6.07, 6.45) is 0. The molecule has 0 aromatic carbocycles. The number of nitriles is 2. The zero-order valence-corrected chi connectivity index (χ0v) is 9.91. The predicted molar refractivity (Wildman–Crippen MR) is 59.8 cm³/mol. The molecule has 5 heteroatoms. The Balaban J connectivity index is 3.29. The van der Waals surface area contributed by atoms with Gasteiger partial charge in [-0.15, -0.1) is 0 Å². The van der Waals surface area contributed by atoms with E-state index in [9.17, 15) is 0 Å². The molecule has 0 aliphatic carbocycles. The number of rotatable bonds is 2. The molecule has 0 bridgehead atoms. The summed E-state index contributed by atoms with van der Waals surface area (Å²) in [6.45, 7) is 3.57. The fraction of sp³-hybridized carbons (Fsp3) is 0.300. The number of halogens is 1. The van der Waals surface area contributed by atoms with Gasteiger partial charge in [0, 0.05) is 0 Å². The van der Waals surface area contributed by atoms with Gasteiger partial charge in [-0.1, -0.05) is 23.4 Å². The lowest BCUT2D eigenvalue weighted by molar-refractivity contribution is 1.03. The molecule has 15 heavy (non-hydrogen) atoms. The molecule has 0 radical (unpaired) electrons. The smallest absolute Gasteiger partial charge is 0.115 e. The Kier molecular flexibility index (Phi) is 3.96. The largest absolute Gasteiger partial charge is 0.244 e. The van der Waals surface area contributed by atoms with Crippen molar-refractivity contribution in [3.63, 3.8) is 0 Å². The van der Waals surface area contributed by atoms with E-state index < -0.39 is 0 Å². The van der Waals surface area contributed by atoms with Crippen LogP contribution in [0.3, 0.4) is 0 Å². The summed E-state index contributed by atoms with van der Waals surface area (Å²) in [5, 5.41) is 18.5. The van der Waals surface area contributed by atoms with Gasteiger partial charge < -0.3 is 0 Å². The molecule has 0 atom stereocenters. The Morgan fingerprint density at radius 3 is 2.60 bits per heavy atom. The third-order valence-corrected chi connectivity index (χ3v) is 3.29. The minimum atomic E-state index is 0.280. The number of aromatic nitrogens is 1. The average Bonchev–Trinajstić information content (AvgIpc) is 2.23. The van der Waals surface area contributed by atoms with Crippen molar-refractivity contribution in [2.24, 2.45) is 0 Å². The maximum Gasteiger partial charge on any atom is 0.115 e. The van der Waals surface area contributed by atoms with E-state index >= 15 is 0 Å². The number of thioether (sulfide) groups is 1. The highest BCUT2D eigenvalue weighted by Gasteiger charge is 2.13. The zero-order chi connectivity index (χ0) is 11.4. The van der Waals surface area contributed by atoms with Gasteiger partial charge >= 0.3 is 0 Å². The standard InChI is InChI=1S/C10H8ClN3S/c1-6-8(5-13)10(15-4-3-12)14-7(2)9(6)11/h4H2,1-2H3. The third kappa shape index (κ3) is 2.41. The lowest BCUT2D eigenvalue weighted by Gasteiger charge is -2.08. The molecule has 1 heterocycles. The van der Waals surface area contributed by atoms with E-state index in [1.54, 1.807) is 13.8 Å². The topological polar surface area (TPSA) is 60.5 Å². The van der Waals surface area contributed by atoms with Crippen LogP contribution in [0.4, 0.5) is 0 Å². The van der Waals surface area contributed by atoms with Crippen LogP contribution in [0.2, 0.25) is 5.02 Å². The molecule has 0 unspecified atom stereocenters. The van der Waals surface area contributed by atoms with E-state index in [4.69, 9.17) is 22.1 Å². The maximum atomic E-state index is 8.97. The van der Waals surface area contributed by atoms with Crippen molar-refractivity contribution in [1.29, 1.82) is 10.5 Å². The summed E-state index contributed by atoms with van der Waals surface area (Å²) in [6, 6.07) is 4.07. The molecule has 0 N–H and O–H groups in total. The predicted octanol–water partition coefficient (Wildman–Crippen LogP) is 2.84. The molecular formula is C10H8ClN3S. The minimum absolute atomic E-state index is 0.280. The first-order chi connectivity index (χ1) is 7.11. The summed E-state index contributed by atoms with van der Waals surface area (Å²) >= 11 is 7.24. The van der Waals surface area contributed by atoms with Crippen LogP contribution in [0, 0.1) is 36.5 Å². The van der Waals surface area contributed by atoms with E-state index in [0.29, 0.717) is 21.3 Å². The Hall–Kier alpha value is -1.23. The van der Waals surface area contributed by atoms with E-state index in [1.165, 1.54) is 11.8 Å². The van der Waals surface area contributed by atoms with Crippen molar-refractivity contribution in [2.75, 3.05) is 5.75 Å². The van der Waals surface area contributed by atoms with Gasteiger partial charge in [0.05, 0.1) is 28.1 Å². The molecule has 0 aliphatic heterocycles. The SMILES string of the molecule is Cc1nc(SCC#N)c(C#N)c(C)c1Cl. The van der Waals surface area contributed by atoms with Gasteiger partial charge in [-0.2, -0.15) is 10.5 Å². The molecule has 0 fully saturated rings. The first-order valence-electron chi connectivity index (χ1n) is 4.18. The number of hydrogen-bond acceptors (Lipinski definition) is 4. The van der Waals surface area contributed by atoms with E-state index in [1.807, 2.05) is 6.07 Å². The molecular weight excluding hydrogens is 230 g/mol. The summed E-state index contributed by atoms with van der Waals surface area (Å²) in [7, 11) is 0. The van der Waals surface area contributed by atoms with Gasteiger partial charge in [-0.25, -0.2) is 4.98 Å². The van der Waals surface area contributed by atoms with Crippen molar-refractivity contribution in [3.8, 4) is 12.1 Å². The molecule has 3 nitrogen and oxygen atoms in total. The molecule has 1 aromatic rings. The van der Waals surface area contributed by atoms with Gasteiger partial charge in [0.25, 0.3) is 0 Å². The highest BCUT2D eigenvalue weighted by molar-refractivity contribution is 7.99. The highest BCUT2D eigenvalue weighted by Crippen LogP contribution is 2.29. The molecule has 0 saturated carbocycles. The van der Waals surface area contributed by atoms with Crippen LogP contribution in [0.15, 0.2) is 5.03 Å². The Labute approximate surface area is 97.7 Å². The van der Waals surface area contributed by atoms with Crippen LogP contribution in [-0.4, -0.2) is 10.7 Å². The van der Waals surface area contributed by atoms with Gasteiger partial charge in [-0.05, 0) is 19.4 Å². The van der Waals surface area contributed by atoms with E-state index in [0.717, 1.165) is 5.56 Å². The summed E-state index contributed by atoms with van der Waals surface area (Å²) in [5.74, 6) is 0.280. The number of nitrogens with zero attached hydrogens (tertiary/aromatic N) is 3. The second-order valence-corrected chi connectivity index (χ2v) is 4.22. The molecule has 1 rings (SSSR count). The number of pyridine rings is 1. The summed E-state index contributed by atoms with van der Waals surface area (Å²) in [4.78, 5) is 4.20. The highest BCUT2D eigenvalue weighted by atomic mass is 35.5. The molecule has 0 amide bonds. The quantitative estimate of drug-likeness (QED) is 0.742. The second-order valence-electron chi connectivity index (χ2n) is 2.87. The van der Waals surface area contributed by atoms with Gasteiger partial charge in [0.1, 0.15) is 11.1 Å². The average molecular weight is 238 g/mol. The molecule has 76 valence electrons. The van der Waals surface area contributed by atoms with E-state index in [2.05, 4.69) is 11.1 Å². The molecule has 0 saturated heterocycles. The van der Waals surface area contributed by atoms with Crippen LogP contribution < -0.4 is 0 Å². The van der Waals surface area contributed by atoms with Gasteiger partial charge in [-0.3, -0.25) is 0 Å². The molecule has 0 aliphatic rings. The van der Waals surface area contributed by atoms with E-state index in [-0.39, 0.29) is 5.75 Å². The van der Waals surface area contributed by atoms with Gasteiger partial charge in [0.2, 0.25) is 0 Å². The number of hydrogen-bond donors (Lipinski definition) is 0. The first-order valence-corrected chi connectivity index (χ1v) is 5.54. The Morgan fingerprint density at radius 2 is 2.07 bits per heavy atom. The van der Waals surface area contributed by atoms with Crippen molar-refractivity contribution in [1.82, 2.24) is 4.98 Å². The minimum Gasteiger partial charge on any atom is -0.244 e. The van der Waals surface area contributed by atoms with Crippen LogP contribution in [0.1, 0.15) is 16.8 Å². The van der Waals surface area contributed by atoms with Crippen molar-refractivity contribution >= 4 is 23.4 Å². The van der Waals surface area contributed by atoms with Crippen molar-refractivity contribution in [2.45, 2.75) is 18.9 Å². The fourth-order valence-corrected chi connectivity index (χ4v) is 2.02. The Morgan fingerprint density at radius 1 is 1.40 bits per heavy atom. The van der Waals surface area contributed by atoms with Gasteiger partial charge in [0.15, 0.2) is 0 Å². The Bertz CT molecular complexity index is 471. The summed E-state index contributed by atoms with van der Waals surface area (Å²) < 4.78 is 0. The third-order valence-electron chi connectivity index (χ3n) is 1.89. The van der Waals surface area contributed by atoms with Crippen LogP contribution in [-0.2, 0) is 0 Å². The first kappa shape index (κ1) is 11.8. The molecule has 0 spiro atoms. The normalized spacial score (nSPS) is 9.40. The van der Waals surface area contributed by atoms with Crippen LogP contribution in [0.5, 0.6) is 0 Å². The van der Waals surface area contributed by atoms with Crippen molar-refractivity contribution in [3.05, 3.63) is 21.8 Å².